The minimum Gasteiger partial charge on any atom is -0.491 e. The first kappa shape index (κ1) is 14.5. The number of benzene rings is 1. The fourth-order valence-corrected chi connectivity index (χ4v) is 1.58. The van der Waals surface area contributed by atoms with Crippen LogP contribution < -0.4 is 10.5 Å². The molecular formula is C14H21NO3. The Hall–Kier alpha value is -1.55. The summed E-state index contributed by atoms with van der Waals surface area (Å²) in [6, 6.07) is 7.14. The van der Waals surface area contributed by atoms with Gasteiger partial charge in [0.2, 0.25) is 0 Å². The molecule has 0 amide bonds. The Morgan fingerprint density at radius 3 is 2.39 bits per heavy atom. The van der Waals surface area contributed by atoms with E-state index in [4.69, 9.17) is 15.2 Å². The number of nitrogens with two attached hydrogens (primary N) is 1. The van der Waals surface area contributed by atoms with E-state index in [1.54, 1.807) is 6.92 Å². The average molecular weight is 251 g/mol. The van der Waals surface area contributed by atoms with Crippen molar-refractivity contribution in [2.45, 2.75) is 39.3 Å². The van der Waals surface area contributed by atoms with Crippen molar-refractivity contribution in [3.05, 3.63) is 29.8 Å². The zero-order valence-electron chi connectivity index (χ0n) is 11.2. The quantitative estimate of drug-likeness (QED) is 0.789. The number of hydrogen-bond acceptors (Lipinski definition) is 4. The lowest BCUT2D eigenvalue weighted by Crippen LogP contribution is -2.17. The smallest absolute Gasteiger partial charge is 0.307 e. The molecule has 0 aliphatic carbocycles. The Kier molecular flexibility index (Phi) is 5.65. The summed E-state index contributed by atoms with van der Waals surface area (Å²) >= 11 is 0. The van der Waals surface area contributed by atoms with Crippen LogP contribution in [0.5, 0.6) is 5.75 Å². The fourth-order valence-electron chi connectivity index (χ4n) is 1.58. The standard InChI is InChI=1S/C14H21NO3/c1-4-17-14(16)9-13(15)11-5-7-12(8-6-11)18-10(2)3/h5-8,10,13H,4,9,15H2,1-3H3/t13-/m0/s1. The van der Waals surface area contributed by atoms with Crippen LogP contribution in [0.3, 0.4) is 0 Å². The van der Waals surface area contributed by atoms with E-state index in [9.17, 15) is 4.79 Å². The largest absolute Gasteiger partial charge is 0.491 e. The van der Waals surface area contributed by atoms with Crippen molar-refractivity contribution in [2.75, 3.05) is 6.61 Å². The van der Waals surface area contributed by atoms with Crippen molar-refractivity contribution in [2.24, 2.45) is 5.73 Å². The maximum Gasteiger partial charge on any atom is 0.307 e. The third kappa shape index (κ3) is 4.75. The number of ether oxygens (including phenoxy) is 2. The van der Waals surface area contributed by atoms with Gasteiger partial charge in [0.1, 0.15) is 5.75 Å². The van der Waals surface area contributed by atoms with E-state index in [1.807, 2.05) is 38.1 Å². The van der Waals surface area contributed by atoms with Crippen LogP contribution in [-0.4, -0.2) is 18.7 Å². The third-order valence-electron chi connectivity index (χ3n) is 2.37. The minimum absolute atomic E-state index is 0.143. The second-order valence-corrected chi connectivity index (χ2v) is 4.35. The van der Waals surface area contributed by atoms with Crippen LogP contribution in [-0.2, 0) is 9.53 Å². The summed E-state index contributed by atoms with van der Waals surface area (Å²) in [6.45, 7) is 6.11. The molecular weight excluding hydrogens is 230 g/mol. The van der Waals surface area contributed by atoms with E-state index in [2.05, 4.69) is 0 Å². The predicted molar refractivity (Wildman–Crippen MR) is 70.4 cm³/mol. The van der Waals surface area contributed by atoms with Crippen molar-refractivity contribution in [3.63, 3.8) is 0 Å². The van der Waals surface area contributed by atoms with E-state index in [0.717, 1.165) is 11.3 Å². The molecule has 0 aliphatic rings. The molecule has 0 saturated heterocycles. The van der Waals surface area contributed by atoms with Gasteiger partial charge in [-0.25, -0.2) is 0 Å². The van der Waals surface area contributed by atoms with Crippen molar-refractivity contribution < 1.29 is 14.3 Å². The van der Waals surface area contributed by atoms with Gasteiger partial charge in [-0.2, -0.15) is 0 Å². The van der Waals surface area contributed by atoms with Gasteiger partial charge in [-0.05, 0) is 38.5 Å². The summed E-state index contributed by atoms with van der Waals surface area (Å²) in [5, 5.41) is 0. The van der Waals surface area contributed by atoms with E-state index in [1.165, 1.54) is 0 Å². The highest BCUT2D eigenvalue weighted by molar-refractivity contribution is 5.70. The summed E-state index contributed by atoms with van der Waals surface area (Å²) in [5.41, 5.74) is 6.84. The SMILES string of the molecule is CCOC(=O)C[C@H](N)c1ccc(OC(C)C)cc1. The molecule has 18 heavy (non-hydrogen) atoms. The zero-order valence-corrected chi connectivity index (χ0v) is 11.2. The van der Waals surface area contributed by atoms with Crippen LogP contribution in [0.1, 0.15) is 38.8 Å². The summed E-state index contributed by atoms with van der Waals surface area (Å²) in [7, 11) is 0. The summed E-state index contributed by atoms with van der Waals surface area (Å²) in [5.74, 6) is 0.532. The molecule has 0 aliphatic heterocycles. The highest BCUT2D eigenvalue weighted by Gasteiger charge is 2.12. The summed E-state index contributed by atoms with van der Waals surface area (Å²) in [4.78, 5) is 11.3. The summed E-state index contributed by atoms with van der Waals surface area (Å²) in [6.07, 6.45) is 0.335. The van der Waals surface area contributed by atoms with Gasteiger partial charge in [0.05, 0.1) is 19.1 Å². The van der Waals surface area contributed by atoms with Gasteiger partial charge >= 0.3 is 5.97 Å². The molecule has 0 radical (unpaired) electrons. The van der Waals surface area contributed by atoms with Crippen molar-refractivity contribution in [1.29, 1.82) is 0 Å². The van der Waals surface area contributed by atoms with E-state index < -0.39 is 0 Å². The number of esters is 1. The van der Waals surface area contributed by atoms with Crippen molar-refractivity contribution in [1.82, 2.24) is 0 Å². The lowest BCUT2D eigenvalue weighted by atomic mass is 10.0. The third-order valence-corrected chi connectivity index (χ3v) is 2.37. The molecule has 4 heteroatoms. The van der Waals surface area contributed by atoms with Gasteiger partial charge in [-0.1, -0.05) is 12.1 Å². The number of carbonyl (C=O) groups is 1. The molecule has 1 atom stereocenters. The maximum atomic E-state index is 11.3. The van der Waals surface area contributed by atoms with Gasteiger partial charge < -0.3 is 15.2 Å². The summed E-state index contributed by atoms with van der Waals surface area (Å²) < 4.78 is 10.4. The van der Waals surface area contributed by atoms with Crippen LogP contribution in [0.2, 0.25) is 0 Å². The first-order chi connectivity index (χ1) is 8.52. The Bertz CT molecular complexity index is 373. The normalized spacial score (nSPS) is 12.3. The predicted octanol–water partition coefficient (Wildman–Crippen LogP) is 2.43. The molecule has 4 nitrogen and oxygen atoms in total. The van der Waals surface area contributed by atoms with Gasteiger partial charge in [-0.15, -0.1) is 0 Å². The molecule has 0 spiro atoms. The van der Waals surface area contributed by atoms with E-state index in [-0.39, 0.29) is 24.5 Å². The Balaban J connectivity index is 2.58. The van der Waals surface area contributed by atoms with Crippen LogP contribution in [0.15, 0.2) is 24.3 Å². The number of carbonyl (C=O) groups excluding carboxylic acids is 1. The topological polar surface area (TPSA) is 61.5 Å². The van der Waals surface area contributed by atoms with Crippen LogP contribution in [0, 0.1) is 0 Å². The van der Waals surface area contributed by atoms with Crippen molar-refractivity contribution in [3.8, 4) is 5.75 Å². The molecule has 0 unspecified atom stereocenters. The Labute approximate surface area is 108 Å². The molecule has 0 fully saturated rings. The van der Waals surface area contributed by atoms with Gasteiger partial charge in [-0.3, -0.25) is 4.79 Å². The first-order valence-electron chi connectivity index (χ1n) is 6.20. The average Bonchev–Trinajstić information content (AvgIpc) is 2.29. The first-order valence-corrected chi connectivity index (χ1v) is 6.20. The molecule has 2 N–H and O–H groups in total. The Morgan fingerprint density at radius 2 is 1.89 bits per heavy atom. The van der Waals surface area contributed by atoms with Gasteiger partial charge in [0.25, 0.3) is 0 Å². The van der Waals surface area contributed by atoms with E-state index in [0.29, 0.717) is 6.61 Å². The van der Waals surface area contributed by atoms with Crippen LogP contribution in [0.25, 0.3) is 0 Å². The number of rotatable bonds is 6. The van der Waals surface area contributed by atoms with Crippen LogP contribution in [0.4, 0.5) is 0 Å². The Morgan fingerprint density at radius 1 is 1.28 bits per heavy atom. The maximum absolute atomic E-state index is 11.3. The molecule has 0 aromatic heterocycles. The van der Waals surface area contributed by atoms with Crippen LogP contribution >= 0.6 is 0 Å². The molecule has 1 aromatic carbocycles. The molecule has 0 bridgehead atoms. The number of hydrogen-bond donors (Lipinski definition) is 1. The van der Waals surface area contributed by atoms with E-state index >= 15 is 0 Å². The van der Waals surface area contributed by atoms with Gasteiger partial charge in [0, 0.05) is 6.04 Å². The monoisotopic (exact) mass is 251 g/mol. The van der Waals surface area contributed by atoms with Crippen molar-refractivity contribution >= 4 is 5.97 Å². The second kappa shape index (κ2) is 7.01. The molecule has 1 rings (SSSR count). The lowest BCUT2D eigenvalue weighted by Gasteiger charge is -2.13. The van der Waals surface area contributed by atoms with Gasteiger partial charge in [0.15, 0.2) is 0 Å². The molecule has 0 saturated carbocycles. The molecule has 100 valence electrons. The molecule has 1 aromatic rings. The molecule has 0 heterocycles. The lowest BCUT2D eigenvalue weighted by molar-refractivity contribution is -0.143. The zero-order chi connectivity index (χ0) is 13.5. The minimum atomic E-state index is -0.336. The second-order valence-electron chi connectivity index (χ2n) is 4.35. The fraction of sp³-hybridized carbons (Fsp3) is 0.500. The highest BCUT2D eigenvalue weighted by atomic mass is 16.5. The highest BCUT2D eigenvalue weighted by Crippen LogP contribution is 2.19.